The number of para-hydroxylation sites is 1. The molecule has 0 unspecified atom stereocenters. The zero-order chi connectivity index (χ0) is 19.9. The van der Waals surface area contributed by atoms with E-state index in [0.29, 0.717) is 28.5 Å². The van der Waals surface area contributed by atoms with Crippen molar-refractivity contribution in [1.82, 2.24) is 5.32 Å². The highest BCUT2D eigenvalue weighted by Crippen LogP contribution is 2.21. The van der Waals surface area contributed by atoms with Crippen LogP contribution in [-0.2, 0) is 6.54 Å². The minimum atomic E-state index is -0.370. The molecule has 0 saturated heterocycles. The number of nitrogens with zero attached hydrogens (tertiary/aromatic N) is 1. The van der Waals surface area contributed by atoms with Crippen LogP contribution in [0.4, 0.5) is 16.2 Å². The quantitative estimate of drug-likeness (QED) is 0.645. The number of rotatable bonds is 5. The fourth-order valence-electron chi connectivity index (χ4n) is 2.71. The highest BCUT2D eigenvalue weighted by Gasteiger charge is 2.18. The minimum absolute atomic E-state index is 0.248. The van der Waals surface area contributed by atoms with Crippen LogP contribution in [0.5, 0.6) is 0 Å². The Balaban J connectivity index is 1.73. The van der Waals surface area contributed by atoms with Gasteiger partial charge in [-0.1, -0.05) is 60.1 Å². The summed E-state index contributed by atoms with van der Waals surface area (Å²) >= 11 is 5.96. The maximum absolute atomic E-state index is 12.7. The molecule has 28 heavy (non-hydrogen) atoms. The summed E-state index contributed by atoms with van der Waals surface area (Å²) in [6.07, 6.45) is 0. The van der Waals surface area contributed by atoms with E-state index < -0.39 is 0 Å². The highest BCUT2D eigenvalue weighted by molar-refractivity contribution is 6.30. The Kier molecular flexibility index (Phi) is 6.29. The van der Waals surface area contributed by atoms with Gasteiger partial charge in [0.2, 0.25) is 0 Å². The van der Waals surface area contributed by atoms with Crippen molar-refractivity contribution < 1.29 is 9.59 Å². The van der Waals surface area contributed by atoms with Crippen LogP contribution < -0.4 is 15.5 Å². The van der Waals surface area contributed by atoms with Gasteiger partial charge in [-0.3, -0.25) is 9.69 Å². The van der Waals surface area contributed by atoms with Gasteiger partial charge in [-0.15, -0.1) is 0 Å². The van der Waals surface area contributed by atoms with Gasteiger partial charge in [0.15, 0.2) is 0 Å². The zero-order valence-electron chi connectivity index (χ0n) is 15.4. The van der Waals surface area contributed by atoms with Crippen LogP contribution >= 0.6 is 11.6 Å². The molecule has 0 heterocycles. The van der Waals surface area contributed by atoms with Gasteiger partial charge in [-0.2, -0.15) is 0 Å². The molecule has 6 heteroatoms. The number of hydrogen-bond donors (Lipinski definition) is 2. The first-order valence-electron chi connectivity index (χ1n) is 8.76. The van der Waals surface area contributed by atoms with Crippen molar-refractivity contribution in [3.8, 4) is 0 Å². The minimum Gasteiger partial charge on any atom is -0.348 e. The Morgan fingerprint density at radius 1 is 0.929 bits per heavy atom. The van der Waals surface area contributed by atoms with Crippen molar-refractivity contribution in [3.05, 3.63) is 95.0 Å². The monoisotopic (exact) mass is 393 g/mol. The summed E-state index contributed by atoms with van der Waals surface area (Å²) in [5.74, 6) is -0.248. The molecule has 0 aliphatic rings. The smallest absolute Gasteiger partial charge is 0.326 e. The van der Waals surface area contributed by atoms with Gasteiger partial charge in [0.05, 0.1) is 11.3 Å². The van der Waals surface area contributed by atoms with E-state index in [1.54, 1.807) is 55.6 Å². The van der Waals surface area contributed by atoms with Crippen molar-refractivity contribution in [3.63, 3.8) is 0 Å². The van der Waals surface area contributed by atoms with Crippen LogP contribution in [0, 0.1) is 0 Å². The van der Waals surface area contributed by atoms with Crippen molar-refractivity contribution >= 4 is 34.9 Å². The largest absolute Gasteiger partial charge is 0.348 e. The first kappa shape index (κ1) is 19.5. The lowest BCUT2D eigenvalue weighted by atomic mass is 10.1. The Morgan fingerprint density at radius 3 is 2.39 bits per heavy atom. The third kappa shape index (κ3) is 4.90. The summed E-state index contributed by atoms with van der Waals surface area (Å²) in [5, 5.41) is 6.20. The molecule has 0 fully saturated rings. The summed E-state index contributed by atoms with van der Waals surface area (Å²) in [6, 6.07) is 23.1. The van der Waals surface area contributed by atoms with E-state index >= 15 is 0 Å². The van der Waals surface area contributed by atoms with Crippen LogP contribution in [0.25, 0.3) is 0 Å². The first-order valence-corrected chi connectivity index (χ1v) is 9.14. The van der Waals surface area contributed by atoms with E-state index in [2.05, 4.69) is 10.6 Å². The van der Waals surface area contributed by atoms with Gasteiger partial charge >= 0.3 is 6.03 Å². The molecule has 3 amide bonds. The summed E-state index contributed by atoms with van der Waals surface area (Å²) in [7, 11) is 1.61. The molecule has 0 atom stereocenters. The molecule has 3 aromatic carbocycles. The second kappa shape index (κ2) is 9.06. The number of carbonyl (C=O) groups excluding carboxylic acids is 2. The third-order valence-corrected chi connectivity index (χ3v) is 4.42. The van der Waals surface area contributed by atoms with Crippen molar-refractivity contribution in [2.45, 2.75) is 6.54 Å². The molecular weight excluding hydrogens is 374 g/mol. The fraction of sp³-hybridized carbons (Fsp3) is 0.0909. The average molecular weight is 394 g/mol. The molecule has 0 aliphatic carbocycles. The van der Waals surface area contributed by atoms with E-state index in [1.807, 2.05) is 30.3 Å². The van der Waals surface area contributed by atoms with E-state index in [-0.39, 0.29) is 11.9 Å². The molecule has 0 spiro atoms. The molecule has 2 N–H and O–H groups in total. The second-order valence-electron chi connectivity index (χ2n) is 6.18. The zero-order valence-corrected chi connectivity index (χ0v) is 16.1. The number of carbonyl (C=O) groups is 2. The number of benzene rings is 3. The highest BCUT2D eigenvalue weighted by atomic mass is 35.5. The predicted octanol–water partition coefficient (Wildman–Crippen LogP) is 4.94. The van der Waals surface area contributed by atoms with E-state index in [1.165, 1.54) is 4.90 Å². The van der Waals surface area contributed by atoms with Gasteiger partial charge in [-0.25, -0.2) is 4.79 Å². The van der Waals surface area contributed by atoms with E-state index in [9.17, 15) is 9.59 Å². The van der Waals surface area contributed by atoms with Crippen molar-refractivity contribution in [2.75, 3.05) is 17.3 Å². The van der Waals surface area contributed by atoms with E-state index in [4.69, 9.17) is 11.6 Å². The molecule has 3 rings (SSSR count). The average Bonchev–Trinajstić information content (AvgIpc) is 2.72. The molecule has 0 saturated carbocycles. The van der Waals surface area contributed by atoms with Crippen LogP contribution in [-0.4, -0.2) is 19.0 Å². The van der Waals surface area contributed by atoms with Crippen molar-refractivity contribution in [1.29, 1.82) is 0 Å². The Hall–Kier alpha value is -3.31. The normalized spacial score (nSPS) is 10.2. The molecule has 0 aliphatic heterocycles. The number of nitrogens with one attached hydrogen (secondary N) is 2. The van der Waals surface area contributed by atoms with Crippen LogP contribution in [0.15, 0.2) is 78.9 Å². The molecule has 3 aromatic rings. The fourth-order valence-corrected chi connectivity index (χ4v) is 2.90. The van der Waals surface area contributed by atoms with E-state index in [0.717, 1.165) is 5.56 Å². The summed E-state index contributed by atoms with van der Waals surface area (Å²) in [5.41, 5.74) is 2.51. The number of halogens is 1. The Morgan fingerprint density at radius 2 is 1.64 bits per heavy atom. The standard InChI is InChI=1S/C22H20ClN3O2/c1-26(22(28)25-18-11-7-10-17(23)14-18)20-13-6-5-12-19(20)21(27)24-15-16-8-3-2-4-9-16/h2-14H,15H2,1H3,(H,24,27)(H,25,28). The Labute approximate surface area is 168 Å². The lowest BCUT2D eigenvalue weighted by molar-refractivity contribution is 0.0951. The number of anilines is 2. The molecule has 0 radical (unpaired) electrons. The predicted molar refractivity (Wildman–Crippen MR) is 113 cm³/mol. The molecular formula is C22H20ClN3O2. The number of hydrogen-bond acceptors (Lipinski definition) is 2. The van der Waals surface area contributed by atoms with Gasteiger partial charge in [-0.05, 0) is 35.9 Å². The van der Waals surface area contributed by atoms with Gasteiger partial charge < -0.3 is 10.6 Å². The molecule has 142 valence electrons. The lowest BCUT2D eigenvalue weighted by Crippen LogP contribution is -2.33. The van der Waals surface area contributed by atoms with Gasteiger partial charge in [0.1, 0.15) is 0 Å². The SMILES string of the molecule is CN(C(=O)Nc1cccc(Cl)c1)c1ccccc1C(=O)NCc1ccccc1. The van der Waals surface area contributed by atoms with Gasteiger partial charge in [0, 0.05) is 24.3 Å². The van der Waals surface area contributed by atoms with Crippen LogP contribution in [0.2, 0.25) is 5.02 Å². The lowest BCUT2D eigenvalue weighted by Gasteiger charge is -2.21. The maximum Gasteiger partial charge on any atom is 0.326 e. The topological polar surface area (TPSA) is 61.4 Å². The van der Waals surface area contributed by atoms with Crippen LogP contribution in [0.3, 0.4) is 0 Å². The first-order chi connectivity index (χ1) is 13.5. The Bertz CT molecular complexity index is 976. The molecule has 0 bridgehead atoms. The van der Waals surface area contributed by atoms with Crippen LogP contribution in [0.1, 0.15) is 15.9 Å². The van der Waals surface area contributed by atoms with Crippen molar-refractivity contribution in [2.24, 2.45) is 0 Å². The number of urea groups is 1. The second-order valence-corrected chi connectivity index (χ2v) is 6.62. The molecule has 0 aromatic heterocycles. The number of amides is 3. The summed E-state index contributed by atoms with van der Waals surface area (Å²) in [4.78, 5) is 26.7. The summed E-state index contributed by atoms with van der Waals surface area (Å²) < 4.78 is 0. The van der Waals surface area contributed by atoms with Gasteiger partial charge in [0.25, 0.3) is 5.91 Å². The summed E-state index contributed by atoms with van der Waals surface area (Å²) in [6.45, 7) is 0.409. The maximum atomic E-state index is 12.7. The molecule has 5 nitrogen and oxygen atoms in total. The third-order valence-electron chi connectivity index (χ3n) is 4.19.